The molecule has 4 aromatic rings. The van der Waals surface area contributed by atoms with Crippen molar-refractivity contribution in [1.29, 1.82) is 0 Å². The Morgan fingerprint density at radius 1 is 1.11 bits per heavy atom. The van der Waals surface area contributed by atoms with Crippen LogP contribution in [0.25, 0.3) is 22.2 Å². The molecule has 0 spiro atoms. The number of ether oxygens (including phenoxy) is 1. The number of benzene rings is 1. The van der Waals surface area contributed by atoms with Gasteiger partial charge in [0.05, 0.1) is 17.2 Å². The number of hydrogen-bond donors (Lipinski definition) is 1. The van der Waals surface area contributed by atoms with Crippen molar-refractivity contribution in [3.8, 4) is 11.1 Å². The van der Waals surface area contributed by atoms with Gasteiger partial charge in [-0.25, -0.2) is 14.8 Å². The number of carbonyl (C=O) groups excluding carboxylic acids is 1. The van der Waals surface area contributed by atoms with Crippen molar-refractivity contribution in [2.75, 3.05) is 18.0 Å². The number of H-pyrrole nitrogens is 1. The Kier molecular flexibility index (Phi) is 6.17. The number of pyridine rings is 1. The molecule has 0 saturated carbocycles. The first-order chi connectivity index (χ1) is 18.2. The molecule has 8 heteroatoms. The van der Waals surface area contributed by atoms with Crippen molar-refractivity contribution in [1.82, 2.24) is 19.9 Å². The molecule has 3 aromatic heterocycles. The van der Waals surface area contributed by atoms with Gasteiger partial charge in [-0.3, -0.25) is 0 Å². The van der Waals surface area contributed by atoms with Gasteiger partial charge in [0.1, 0.15) is 16.2 Å². The lowest BCUT2D eigenvalue weighted by molar-refractivity contribution is 0.0224. The van der Waals surface area contributed by atoms with Crippen molar-refractivity contribution in [3.63, 3.8) is 0 Å². The zero-order chi connectivity index (χ0) is 26.6. The summed E-state index contributed by atoms with van der Waals surface area (Å²) in [5.74, 6) is 0. The molecular weight excluding hydrogens is 494 g/mol. The second-order valence-corrected chi connectivity index (χ2v) is 12.7. The summed E-state index contributed by atoms with van der Waals surface area (Å²) >= 11 is 1.74. The van der Waals surface area contributed by atoms with E-state index in [4.69, 9.17) is 9.72 Å². The van der Waals surface area contributed by atoms with E-state index >= 15 is 0 Å². The molecule has 5 heterocycles. The van der Waals surface area contributed by atoms with Crippen molar-refractivity contribution in [2.45, 2.75) is 72.1 Å². The molecule has 1 atom stereocenters. The third kappa shape index (κ3) is 4.66. The summed E-state index contributed by atoms with van der Waals surface area (Å²) in [7, 11) is 0. The molecular formula is C30H35N5O2S. The summed E-state index contributed by atoms with van der Waals surface area (Å²) in [6.45, 7) is 12.4. The van der Waals surface area contributed by atoms with Crippen LogP contribution < -0.4 is 4.90 Å². The number of rotatable bonds is 3. The third-order valence-electron chi connectivity index (χ3n) is 7.60. The van der Waals surface area contributed by atoms with E-state index in [1.807, 2.05) is 44.3 Å². The monoisotopic (exact) mass is 529 g/mol. The zero-order valence-corrected chi connectivity index (χ0v) is 23.6. The van der Waals surface area contributed by atoms with E-state index in [0.29, 0.717) is 0 Å². The third-order valence-corrected chi connectivity index (χ3v) is 8.58. The van der Waals surface area contributed by atoms with Gasteiger partial charge in [-0.15, -0.1) is 11.3 Å². The van der Waals surface area contributed by atoms with E-state index in [9.17, 15) is 4.79 Å². The number of anilines is 1. The number of aryl methyl sites for hydroxylation is 2. The van der Waals surface area contributed by atoms with Crippen LogP contribution in [0.4, 0.5) is 9.80 Å². The summed E-state index contributed by atoms with van der Waals surface area (Å²) in [4.78, 5) is 30.1. The van der Waals surface area contributed by atoms with E-state index in [-0.39, 0.29) is 12.1 Å². The fourth-order valence-electron chi connectivity index (χ4n) is 5.80. The first-order valence-corrected chi connectivity index (χ1v) is 14.2. The molecule has 1 amide bonds. The number of nitrogens with one attached hydrogen (secondary N) is 1. The molecule has 2 aliphatic rings. The topological polar surface area (TPSA) is 74.4 Å². The number of hydrogen-bond acceptors (Lipinski definition) is 6. The van der Waals surface area contributed by atoms with Gasteiger partial charge in [-0.05, 0) is 99.9 Å². The van der Waals surface area contributed by atoms with E-state index < -0.39 is 5.60 Å². The smallest absolute Gasteiger partial charge is 0.410 e. The Morgan fingerprint density at radius 3 is 2.71 bits per heavy atom. The van der Waals surface area contributed by atoms with Crippen molar-refractivity contribution < 1.29 is 9.53 Å². The second-order valence-electron chi connectivity index (χ2n) is 11.5. The van der Waals surface area contributed by atoms with Gasteiger partial charge in [-0.2, -0.15) is 0 Å². The highest BCUT2D eigenvalue weighted by Gasteiger charge is 2.36. The van der Waals surface area contributed by atoms with Gasteiger partial charge in [0.15, 0.2) is 0 Å². The largest absolute Gasteiger partial charge is 0.444 e. The highest BCUT2D eigenvalue weighted by atomic mass is 32.1. The minimum Gasteiger partial charge on any atom is -0.444 e. The number of thiazole rings is 1. The Labute approximate surface area is 227 Å². The maximum absolute atomic E-state index is 13.2. The molecule has 0 radical (unpaired) electrons. The average Bonchev–Trinajstić information content (AvgIpc) is 3.62. The summed E-state index contributed by atoms with van der Waals surface area (Å²) in [5, 5.41) is 3.43. The van der Waals surface area contributed by atoms with Gasteiger partial charge in [0.2, 0.25) is 0 Å². The molecule has 198 valence electrons. The van der Waals surface area contributed by atoms with E-state index in [1.54, 1.807) is 11.3 Å². The minimum atomic E-state index is -0.519. The van der Waals surface area contributed by atoms with Crippen molar-refractivity contribution in [3.05, 3.63) is 64.1 Å². The summed E-state index contributed by atoms with van der Waals surface area (Å²) in [5.41, 5.74) is 7.76. The van der Waals surface area contributed by atoms with Crippen LogP contribution in [0.3, 0.4) is 0 Å². The number of nitrogens with zero attached hydrogens (tertiary/aromatic N) is 4. The fourth-order valence-corrected chi connectivity index (χ4v) is 6.60. The van der Waals surface area contributed by atoms with Crippen LogP contribution in [0, 0.1) is 13.8 Å². The molecule has 0 unspecified atom stereocenters. The van der Waals surface area contributed by atoms with Gasteiger partial charge in [-0.1, -0.05) is 0 Å². The second kappa shape index (κ2) is 9.42. The highest BCUT2D eigenvalue weighted by Crippen LogP contribution is 2.41. The zero-order valence-electron chi connectivity index (χ0n) is 22.8. The number of aromatic amines is 1. The molecule has 6 rings (SSSR count). The van der Waals surface area contributed by atoms with E-state index in [0.717, 1.165) is 66.1 Å². The molecule has 0 aliphatic carbocycles. The standard InChI is InChI=1S/C30H35N5O2S/c1-18-14-32-28-24(18)13-21(15-33-28)20-11-22-17-34(27-16-31-19(2)38-27)10-8-23(22)25(12-20)26-7-6-9-35(26)29(36)37-30(3,4)5/h11-16,26H,6-10,17H2,1-5H3,(H,32,33)/t26-/m0/s1. The summed E-state index contributed by atoms with van der Waals surface area (Å²) in [6, 6.07) is 6.88. The summed E-state index contributed by atoms with van der Waals surface area (Å²) in [6.07, 6.45) is 8.59. The van der Waals surface area contributed by atoms with Crippen LogP contribution in [0.5, 0.6) is 0 Å². The Morgan fingerprint density at radius 2 is 1.95 bits per heavy atom. The quantitative estimate of drug-likeness (QED) is 0.311. The molecule has 1 saturated heterocycles. The van der Waals surface area contributed by atoms with Crippen LogP contribution in [0.15, 0.2) is 36.8 Å². The van der Waals surface area contributed by atoms with Crippen LogP contribution in [-0.4, -0.2) is 44.6 Å². The number of amides is 1. The van der Waals surface area contributed by atoms with Crippen LogP contribution >= 0.6 is 11.3 Å². The lowest BCUT2D eigenvalue weighted by Gasteiger charge is -2.34. The van der Waals surface area contributed by atoms with Crippen molar-refractivity contribution in [2.24, 2.45) is 0 Å². The summed E-state index contributed by atoms with van der Waals surface area (Å²) < 4.78 is 5.82. The number of aromatic nitrogens is 3. The maximum atomic E-state index is 13.2. The van der Waals surface area contributed by atoms with Gasteiger partial charge in [0.25, 0.3) is 0 Å². The lowest BCUT2D eigenvalue weighted by atomic mass is 9.86. The van der Waals surface area contributed by atoms with Gasteiger partial charge < -0.3 is 19.5 Å². The molecule has 2 aliphatic heterocycles. The lowest BCUT2D eigenvalue weighted by Crippen LogP contribution is -2.37. The van der Waals surface area contributed by atoms with E-state index in [1.165, 1.54) is 27.3 Å². The molecule has 1 aromatic carbocycles. The maximum Gasteiger partial charge on any atom is 0.410 e. The molecule has 0 bridgehead atoms. The first kappa shape index (κ1) is 24.9. The Hall–Kier alpha value is -3.39. The first-order valence-electron chi connectivity index (χ1n) is 13.4. The molecule has 1 fully saturated rings. The predicted molar refractivity (Wildman–Crippen MR) is 153 cm³/mol. The molecule has 1 N–H and O–H groups in total. The normalized spacial score (nSPS) is 17.8. The van der Waals surface area contributed by atoms with Crippen LogP contribution in [-0.2, 0) is 17.7 Å². The SMILES string of the molecule is Cc1ncc(N2CCc3c(cc(-c4cnc5[nH]cc(C)c5c4)cc3[C@@H]3CCCN3C(=O)OC(C)(C)C)C2)s1. The minimum absolute atomic E-state index is 0.0152. The molecule has 38 heavy (non-hydrogen) atoms. The number of carbonyl (C=O) groups is 1. The average molecular weight is 530 g/mol. The highest BCUT2D eigenvalue weighted by molar-refractivity contribution is 7.15. The van der Waals surface area contributed by atoms with Gasteiger partial charge in [0, 0.05) is 43.0 Å². The van der Waals surface area contributed by atoms with Crippen molar-refractivity contribution >= 4 is 33.5 Å². The van der Waals surface area contributed by atoms with Crippen LogP contribution in [0.1, 0.15) is 66.9 Å². The van der Waals surface area contributed by atoms with E-state index in [2.05, 4.69) is 46.9 Å². The predicted octanol–water partition coefficient (Wildman–Crippen LogP) is 6.94. The number of likely N-dealkylation sites (tertiary alicyclic amines) is 1. The Bertz CT molecular complexity index is 1510. The van der Waals surface area contributed by atoms with Gasteiger partial charge >= 0.3 is 6.09 Å². The fraction of sp³-hybridized carbons (Fsp3) is 0.433. The molecule has 7 nitrogen and oxygen atoms in total. The van der Waals surface area contributed by atoms with Crippen LogP contribution in [0.2, 0.25) is 0 Å². The number of fused-ring (bicyclic) bond motifs is 2. The Balaban J connectivity index is 1.44.